The van der Waals surface area contributed by atoms with E-state index in [4.69, 9.17) is 0 Å². The van der Waals surface area contributed by atoms with Crippen molar-refractivity contribution in [2.45, 2.75) is 24.3 Å². The normalized spacial score (nSPS) is 16.0. The van der Waals surface area contributed by atoms with Crippen LogP contribution in [0.1, 0.15) is 12.5 Å². The number of carbonyl (C=O) groups is 1. The van der Waals surface area contributed by atoms with Crippen molar-refractivity contribution in [2.75, 3.05) is 18.5 Å². The number of amides is 1. The molecule has 0 fully saturated rings. The summed E-state index contributed by atoms with van der Waals surface area (Å²) in [5.41, 5.74) is 1.15. The molecule has 3 aromatic rings. The van der Waals surface area contributed by atoms with Gasteiger partial charge in [0.05, 0.1) is 22.5 Å². The molecule has 32 heavy (non-hydrogen) atoms. The summed E-state index contributed by atoms with van der Waals surface area (Å²) in [4.78, 5) is 38.8. The molecule has 0 N–H and O–H groups in total. The molecule has 0 bridgehead atoms. The molecule has 0 saturated heterocycles. The predicted molar refractivity (Wildman–Crippen MR) is 121 cm³/mol. The van der Waals surface area contributed by atoms with Crippen LogP contribution < -0.4 is 16.0 Å². The first kappa shape index (κ1) is 22.0. The molecule has 0 aliphatic carbocycles. The second-order valence-electron chi connectivity index (χ2n) is 8.09. The standard InChI is InChI=1S/C22H24N4O5S/c1-14-11-15-7-5-6-8-17(15)26(14)20(27)13-23(2)32(30,31)16-9-10-18-19(12-16)25(4)22(29)21(28)24(18)3/h5-10,12,14H,11,13H2,1-4H3. The lowest BCUT2D eigenvalue weighted by atomic mass is 10.1. The fourth-order valence-corrected chi connectivity index (χ4v) is 5.34. The third-order valence-corrected chi connectivity index (χ3v) is 7.80. The molecular formula is C22H24N4O5S. The van der Waals surface area contributed by atoms with Gasteiger partial charge in [0.1, 0.15) is 0 Å². The molecule has 0 radical (unpaired) electrons. The zero-order valence-corrected chi connectivity index (χ0v) is 19.1. The molecule has 1 atom stereocenters. The fraction of sp³-hybridized carbons (Fsp3) is 0.318. The maximum absolute atomic E-state index is 13.2. The molecule has 0 saturated carbocycles. The molecule has 2 aromatic carbocycles. The van der Waals surface area contributed by atoms with E-state index >= 15 is 0 Å². The number of aryl methyl sites for hydroxylation is 2. The van der Waals surface area contributed by atoms with E-state index in [0.29, 0.717) is 11.0 Å². The number of fused-ring (bicyclic) bond motifs is 2. The molecule has 10 heteroatoms. The summed E-state index contributed by atoms with van der Waals surface area (Å²) >= 11 is 0. The highest BCUT2D eigenvalue weighted by molar-refractivity contribution is 7.89. The monoisotopic (exact) mass is 456 g/mol. The maximum Gasteiger partial charge on any atom is 0.316 e. The lowest BCUT2D eigenvalue weighted by Crippen LogP contribution is -2.43. The van der Waals surface area contributed by atoms with E-state index in [0.717, 1.165) is 26.5 Å². The number of anilines is 1. The molecule has 4 rings (SSSR count). The number of para-hydroxylation sites is 1. The van der Waals surface area contributed by atoms with Crippen molar-refractivity contribution in [2.24, 2.45) is 14.1 Å². The lowest BCUT2D eigenvalue weighted by Gasteiger charge is -2.25. The molecule has 168 valence electrons. The van der Waals surface area contributed by atoms with Gasteiger partial charge in [0, 0.05) is 32.9 Å². The number of rotatable bonds is 4. The van der Waals surface area contributed by atoms with Gasteiger partial charge in [-0.05, 0) is 43.2 Å². The van der Waals surface area contributed by atoms with Crippen molar-refractivity contribution in [1.29, 1.82) is 0 Å². The highest BCUT2D eigenvalue weighted by atomic mass is 32.2. The number of sulfonamides is 1. The van der Waals surface area contributed by atoms with Gasteiger partial charge >= 0.3 is 11.1 Å². The Morgan fingerprint density at radius 1 is 1.03 bits per heavy atom. The molecule has 0 spiro atoms. The Morgan fingerprint density at radius 3 is 2.34 bits per heavy atom. The van der Waals surface area contributed by atoms with Gasteiger partial charge in [0.25, 0.3) is 0 Å². The number of likely N-dealkylation sites (N-methyl/N-ethyl adjacent to an activating group) is 1. The molecule has 2 heterocycles. The van der Waals surface area contributed by atoms with Crippen molar-refractivity contribution < 1.29 is 13.2 Å². The van der Waals surface area contributed by atoms with E-state index in [2.05, 4.69) is 0 Å². The summed E-state index contributed by atoms with van der Waals surface area (Å²) < 4.78 is 29.7. The van der Waals surface area contributed by atoms with Crippen LogP contribution >= 0.6 is 0 Å². The Kier molecular flexibility index (Phi) is 5.30. The van der Waals surface area contributed by atoms with E-state index in [1.165, 1.54) is 43.9 Å². The van der Waals surface area contributed by atoms with Crippen LogP contribution in [0.3, 0.4) is 0 Å². The summed E-state index contributed by atoms with van der Waals surface area (Å²) in [6, 6.07) is 11.7. The minimum Gasteiger partial charge on any atom is -0.308 e. The van der Waals surface area contributed by atoms with Crippen molar-refractivity contribution >= 4 is 32.7 Å². The van der Waals surface area contributed by atoms with E-state index in [-0.39, 0.29) is 23.4 Å². The smallest absolute Gasteiger partial charge is 0.308 e. The maximum atomic E-state index is 13.2. The summed E-state index contributed by atoms with van der Waals surface area (Å²) in [6.07, 6.45) is 0.718. The second kappa shape index (κ2) is 7.72. The first-order valence-corrected chi connectivity index (χ1v) is 11.5. The zero-order valence-electron chi connectivity index (χ0n) is 18.3. The SMILES string of the molecule is CC1Cc2ccccc2N1C(=O)CN(C)S(=O)(=O)c1ccc2c(c1)n(C)c(=O)c(=O)n2C. The third-order valence-electron chi connectivity index (χ3n) is 6.00. The molecule has 1 amide bonds. The number of carbonyl (C=O) groups excluding carboxylic acids is 1. The van der Waals surface area contributed by atoms with Gasteiger partial charge in [0.15, 0.2) is 0 Å². The Labute approximate surface area is 185 Å². The van der Waals surface area contributed by atoms with Crippen LogP contribution in [0.15, 0.2) is 56.9 Å². The summed E-state index contributed by atoms with van der Waals surface area (Å²) in [5.74, 6) is -0.316. The van der Waals surface area contributed by atoms with Crippen molar-refractivity contribution in [3.05, 3.63) is 68.7 Å². The lowest BCUT2D eigenvalue weighted by molar-refractivity contribution is -0.118. The van der Waals surface area contributed by atoms with Gasteiger partial charge in [-0.25, -0.2) is 8.42 Å². The number of benzene rings is 2. The highest BCUT2D eigenvalue weighted by Gasteiger charge is 2.33. The summed E-state index contributed by atoms with van der Waals surface area (Å²) in [6.45, 7) is 1.60. The van der Waals surface area contributed by atoms with Crippen LogP contribution in [-0.2, 0) is 35.3 Å². The van der Waals surface area contributed by atoms with Crippen molar-refractivity contribution in [3.8, 4) is 0 Å². The highest BCUT2D eigenvalue weighted by Crippen LogP contribution is 2.32. The first-order valence-electron chi connectivity index (χ1n) is 10.1. The quantitative estimate of drug-likeness (QED) is 0.542. The topological polar surface area (TPSA) is 102 Å². The fourth-order valence-electron chi connectivity index (χ4n) is 4.20. The Balaban J connectivity index is 1.67. The molecular weight excluding hydrogens is 432 g/mol. The predicted octanol–water partition coefficient (Wildman–Crippen LogP) is 0.836. The number of hydrogen-bond acceptors (Lipinski definition) is 5. The van der Waals surface area contributed by atoms with Gasteiger partial charge in [-0.15, -0.1) is 0 Å². The van der Waals surface area contributed by atoms with Gasteiger partial charge in [-0.2, -0.15) is 4.31 Å². The Hall–Kier alpha value is -3.24. The average Bonchev–Trinajstić information content (AvgIpc) is 3.11. The van der Waals surface area contributed by atoms with Gasteiger partial charge in [-0.3, -0.25) is 14.4 Å². The molecule has 9 nitrogen and oxygen atoms in total. The van der Waals surface area contributed by atoms with E-state index in [1.54, 1.807) is 4.90 Å². The van der Waals surface area contributed by atoms with E-state index in [9.17, 15) is 22.8 Å². The zero-order chi connectivity index (χ0) is 23.4. The minimum atomic E-state index is -4.02. The van der Waals surface area contributed by atoms with E-state index in [1.807, 2.05) is 31.2 Å². The van der Waals surface area contributed by atoms with E-state index < -0.39 is 21.1 Å². The van der Waals surface area contributed by atoms with Gasteiger partial charge in [-0.1, -0.05) is 18.2 Å². The molecule has 1 unspecified atom stereocenters. The molecule has 1 aliphatic heterocycles. The average molecular weight is 457 g/mol. The summed E-state index contributed by atoms with van der Waals surface area (Å²) in [7, 11) is 0.209. The number of nitrogens with zero attached hydrogens (tertiary/aromatic N) is 4. The van der Waals surface area contributed by atoms with Crippen LogP contribution in [0.25, 0.3) is 11.0 Å². The van der Waals surface area contributed by atoms with Crippen LogP contribution in [0, 0.1) is 0 Å². The second-order valence-corrected chi connectivity index (χ2v) is 10.1. The van der Waals surface area contributed by atoms with Crippen LogP contribution in [0.2, 0.25) is 0 Å². The number of hydrogen-bond donors (Lipinski definition) is 0. The molecule has 1 aliphatic rings. The third kappa shape index (κ3) is 3.35. The van der Waals surface area contributed by atoms with Gasteiger partial charge < -0.3 is 14.0 Å². The Bertz CT molecular complexity index is 1470. The van der Waals surface area contributed by atoms with Crippen LogP contribution in [-0.4, -0.2) is 47.4 Å². The van der Waals surface area contributed by atoms with Crippen molar-refractivity contribution in [3.63, 3.8) is 0 Å². The van der Waals surface area contributed by atoms with Gasteiger partial charge in [0.2, 0.25) is 15.9 Å². The first-order chi connectivity index (χ1) is 15.0. The van der Waals surface area contributed by atoms with Crippen LogP contribution in [0.5, 0.6) is 0 Å². The summed E-state index contributed by atoms with van der Waals surface area (Å²) in [5, 5.41) is 0. The minimum absolute atomic E-state index is 0.0625. The molecule has 1 aromatic heterocycles. The van der Waals surface area contributed by atoms with Crippen LogP contribution in [0.4, 0.5) is 5.69 Å². The largest absolute Gasteiger partial charge is 0.316 e. The van der Waals surface area contributed by atoms with Crippen molar-refractivity contribution in [1.82, 2.24) is 13.4 Å². The number of aromatic nitrogens is 2. The Morgan fingerprint density at radius 2 is 1.66 bits per heavy atom.